The summed E-state index contributed by atoms with van der Waals surface area (Å²) < 4.78 is 0. The molecule has 1 heterocycles. The van der Waals surface area contributed by atoms with Gasteiger partial charge in [0.25, 0.3) is 11.8 Å². The third kappa shape index (κ3) is 8.59. The van der Waals surface area contributed by atoms with Gasteiger partial charge in [0.05, 0.1) is 5.54 Å². The number of allylic oxidation sites excluding steroid dienone is 1. The molecule has 0 saturated carbocycles. The minimum atomic E-state index is -0.546. The van der Waals surface area contributed by atoms with Crippen LogP contribution in [0, 0.1) is 4.91 Å². The Morgan fingerprint density at radius 3 is 2.14 bits per heavy atom. The number of nitrogens with one attached hydrogen (secondary N) is 2. The van der Waals surface area contributed by atoms with Crippen molar-refractivity contribution in [1.29, 1.82) is 0 Å². The largest absolute Gasteiger partial charge is 0.400 e. The second kappa shape index (κ2) is 13.7. The number of aliphatic imine (C=N–C) groups is 1. The molecule has 0 aliphatic carbocycles. The average Bonchev–Trinajstić information content (AvgIpc) is 3.12. The van der Waals surface area contributed by atoms with Crippen molar-refractivity contribution >= 4 is 29.0 Å². The Labute approximate surface area is 212 Å². The molecular formula is C27H36N6O3. The molecule has 6 N–H and O–H groups in total. The van der Waals surface area contributed by atoms with Gasteiger partial charge in [-0.3, -0.25) is 9.59 Å². The number of carbonyl (C=O) groups is 2. The van der Waals surface area contributed by atoms with E-state index < -0.39 is 17.4 Å². The molecule has 2 aromatic rings. The fourth-order valence-corrected chi connectivity index (χ4v) is 2.95. The molecule has 36 heavy (non-hydrogen) atoms. The highest BCUT2D eigenvalue weighted by molar-refractivity contribution is 6.10. The van der Waals surface area contributed by atoms with Gasteiger partial charge >= 0.3 is 0 Å². The topological polar surface area (TPSA) is 152 Å². The van der Waals surface area contributed by atoms with Gasteiger partial charge in [-0.15, -0.1) is 11.5 Å². The zero-order valence-corrected chi connectivity index (χ0v) is 21.8. The van der Waals surface area contributed by atoms with Gasteiger partial charge < -0.3 is 22.1 Å². The fraction of sp³-hybridized carbons (Fsp3) is 0.296. The second-order valence-electron chi connectivity index (χ2n) is 8.55. The molecule has 0 saturated heterocycles. The van der Waals surface area contributed by atoms with Crippen LogP contribution in [0.2, 0.25) is 0 Å². The van der Waals surface area contributed by atoms with Gasteiger partial charge in [-0.25, -0.2) is 0 Å². The molecule has 0 fully saturated rings. The van der Waals surface area contributed by atoms with E-state index in [0.717, 1.165) is 0 Å². The molecule has 2 amide bonds. The predicted octanol–water partition coefficient (Wildman–Crippen LogP) is 5.04. The number of nitrogens with two attached hydrogens (primary N) is 2. The van der Waals surface area contributed by atoms with Gasteiger partial charge in [-0.05, 0) is 75.3 Å². The smallest absolute Gasteiger partial charge is 0.279 e. The summed E-state index contributed by atoms with van der Waals surface area (Å²) in [5.74, 6) is -0.874. The number of anilines is 1. The SMILES string of the molecule is C=C(C)C.CC.CC1(C)NCC(C(N)=NC(=O)c2cccc(NC(=O)c3ccc(N=O)cc3)c2)=C1N. The Kier molecular flexibility index (Phi) is 11.4. The maximum absolute atomic E-state index is 12.6. The number of benzene rings is 2. The lowest BCUT2D eigenvalue weighted by atomic mass is 10.0. The number of amides is 2. The van der Waals surface area contributed by atoms with Crippen molar-refractivity contribution in [1.82, 2.24) is 5.32 Å². The van der Waals surface area contributed by atoms with Crippen molar-refractivity contribution in [2.24, 2.45) is 21.6 Å². The summed E-state index contributed by atoms with van der Waals surface area (Å²) in [5, 5.41) is 8.69. The summed E-state index contributed by atoms with van der Waals surface area (Å²) in [4.78, 5) is 39.4. The van der Waals surface area contributed by atoms with Gasteiger partial charge in [-0.1, -0.05) is 25.5 Å². The fourth-order valence-electron chi connectivity index (χ4n) is 2.95. The quantitative estimate of drug-likeness (QED) is 0.199. The summed E-state index contributed by atoms with van der Waals surface area (Å²) >= 11 is 0. The zero-order chi connectivity index (χ0) is 27.5. The standard InChI is InChI=1S/C21H22N6O3.C4H8.C2H6/c1-21(2)17(22)16(11-24-21)18(23)26-20(29)13-4-3-5-15(10-13)25-19(28)12-6-8-14(27-30)9-7-12;1-4(2)3;1-2/h3-10,24H,11,22H2,1-2H3,(H,25,28)(H2,23,26,29);1H2,2-3H3;1-2H3. The molecule has 9 heteroatoms. The van der Waals surface area contributed by atoms with Crippen molar-refractivity contribution in [2.45, 2.75) is 47.1 Å². The Morgan fingerprint density at radius 2 is 1.64 bits per heavy atom. The van der Waals surface area contributed by atoms with Crippen LogP contribution >= 0.6 is 0 Å². The van der Waals surface area contributed by atoms with Crippen LogP contribution in [0.15, 0.2) is 82.1 Å². The van der Waals surface area contributed by atoms with E-state index in [-0.39, 0.29) is 17.1 Å². The summed E-state index contributed by atoms with van der Waals surface area (Å²) in [6, 6.07) is 12.2. The lowest BCUT2D eigenvalue weighted by molar-refractivity contribution is 0.0998. The third-order valence-corrected chi connectivity index (χ3v) is 4.84. The Morgan fingerprint density at radius 1 is 1.06 bits per heavy atom. The minimum Gasteiger partial charge on any atom is -0.400 e. The molecule has 0 radical (unpaired) electrons. The van der Waals surface area contributed by atoms with Crippen LogP contribution in [0.4, 0.5) is 11.4 Å². The van der Waals surface area contributed by atoms with Crippen LogP contribution in [0.3, 0.4) is 0 Å². The van der Waals surface area contributed by atoms with Crippen molar-refractivity contribution < 1.29 is 9.59 Å². The van der Waals surface area contributed by atoms with E-state index in [9.17, 15) is 14.5 Å². The van der Waals surface area contributed by atoms with E-state index >= 15 is 0 Å². The van der Waals surface area contributed by atoms with Crippen molar-refractivity contribution in [3.63, 3.8) is 0 Å². The summed E-state index contributed by atoms with van der Waals surface area (Å²) in [6.45, 7) is 15.8. The van der Waals surface area contributed by atoms with Crippen LogP contribution in [0.1, 0.15) is 62.3 Å². The van der Waals surface area contributed by atoms with Gasteiger partial charge in [0.15, 0.2) is 0 Å². The van der Waals surface area contributed by atoms with Crippen molar-refractivity contribution in [3.8, 4) is 0 Å². The molecule has 1 aliphatic heterocycles. The number of hydrogen-bond acceptors (Lipinski definition) is 6. The van der Waals surface area contributed by atoms with Gasteiger partial charge in [-0.2, -0.15) is 4.99 Å². The predicted molar refractivity (Wildman–Crippen MR) is 147 cm³/mol. The van der Waals surface area contributed by atoms with Gasteiger partial charge in [0.1, 0.15) is 11.5 Å². The Bertz CT molecular complexity index is 1160. The number of rotatable bonds is 5. The van der Waals surface area contributed by atoms with E-state index in [2.05, 4.69) is 27.4 Å². The zero-order valence-electron chi connectivity index (χ0n) is 21.8. The van der Waals surface area contributed by atoms with E-state index in [1.165, 1.54) is 35.9 Å². The number of nitroso groups, excluding NO2 is 1. The van der Waals surface area contributed by atoms with Gasteiger partial charge in [0, 0.05) is 34.6 Å². The normalized spacial score (nSPS) is 14.0. The van der Waals surface area contributed by atoms with Crippen LogP contribution in [-0.2, 0) is 0 Å². The second-order valence-corrected chi connectivity index (χ2v) is 8.55. The molecule has 0 spiro atoms. The van der Waals surface area contributed by atoms with Gasteiger partial charge in [0.2, 0.25) is 0 Å². The van der Waals surface area contributed by atoms with E-state index in [0.29, 0.717) is 29.1 Å². The number of amidine groups is 1. The first-order chi connectivity index (χ1) is 16.9. The molecule has 9 nitrogen and oxygen atoms in total. The molecule has 0 atom stereocenters. The minimum absolute atomic E-state index is 0.0638. The van der Waals surface area contributed by atoms with Crippen molar-refractivity contribution in [2.75, 3.05) is 11.9 Å². The summed E-state index contributed by atoms with van der Waals surface area (Å²) in [6.07, 6.45) is 0. The lowest BCUT2D eigenvalue weighted by Gasteiger charge is -2.19. The molecular weight excluding hydrogens is 456 g/mol. The first kappa shape index (κ1) is 29.9. The summed E-state index contributed by atoms with van der Waals surface area (Å²) in [7, 11) is 0. The highest BCUT2D eigenvalue weighted by atomic mass is 16.3. The van der Waals surface area contributed by atoms with E-state index in [1.807, 2.05) is 41.5 Å². The monoisotopic (exact) mass is 492 g/mol. The molecule has 192 valence electrons. The van der Waals surface area contributed by atoms with E-state index in [1.54, 1.807) is 18.2 Å². The maximum Gasteiger partial charge on any atom is 0.279 e. The molecule has 0 unspecified atom stereocenters. The first-order valence-corrected chi connectivity index (χ1v) is 11.5. The number of nitrogens with zero attached hydrogens (tertiary/aromatic N) is 2. The first-order valence-electron chi connectivity index (χ1n) is 11.5. The van der Waals surface area contributed by atoms with Crippen LogP contribution in [-0.4, -0.2) is 29.7 Å². The lowest BCUT2D eigenvalue weighted by Crippen LogP contribution is -2.38. The highest BCUT2D eigenvalue weighted by Crippen LogP contribution is 2.22. The third-order valence-electron chi connectivity index (χ3n) is 4.84. The number of hydrogen-bond donors (Lipinski definition) is 4. The summed E-state index contributed by atoms with van der Waals surface area (Å²) in [5.41, 5.74) is 15.3. The average molecular weight is 493 g/mol. The van der Waals surface area contributed by atoms with Crippen LogP contribution in [0.5, 0.6) is 0 Å². The molecule has 0 aromatic heterocycles. The van der Waals surface area contributed by atoms with Crippen molar-refractivity contribution in [3.05, 3.63) is 88.0 Å². The molecule has 2 aromatic carbocycles. The number of carbonyl (C=O) groups excluding carboxylic acids is 2. The van der Waals surface area contributed by atoms with Crippen LogP contribution < -0.4 is 22.1 Å². The maximum atomic E-state index is 12.6. The van der Waals surface area contributed by atoms with Crippen LogP contribution in [0.25, 0.3) is 0 Å². The Hall–Kier alpha value is -4.11. The van der Waals surface area contributed by atoms with E-state index in [4.69, 9.17) is 11.5 Å². The highest BCUT2D eigenvalue weighted by Gasteiger charge is 2.31. The molecule has 1 aliphatic rings. The molecule has 3 rings (SSSR count). The molecule has 0 bridgehead atoms. The Balaban J connectivity index is 0.000000982.